The average molecular weight is 897 g/mol. The van der Waals surface area contributed by atoms with Gasteiger partial charge in [-0.2, -0.15) is 0 Å². The van der Waals surface area contributed by atoms with Crippen molar-refractivity contribution in [3.63, 3.8) is 0 Å². The van der Waals surface area contributed by atoms with Gasteiger partial charge in [0, 0.05) is 91.7 Å². The molecule has 3 aromatic heterocycles. The van der Waals surface area contributed by atoms with Crippen LogP contribution in [0.3, 0.4) is 0 Å². The number of thiazole rings is 1. The van der Waals surface area contributed by atoms with Gasteiger partial charge in [0.05, 0.1) is 41.7 Å². The van der Waals surface area contributed by atoms with Crippen LogP contribution in [0.25, 0.3) is 33.4 Å². The fourth-order valence-electron chi connectivity index (χ4n) is 10.4. The van der Waals surface area contributed by atoms with Crippen LogP contribution in [-0.2, 0) is 41.6 Å². The van der Waals surface area contributed by atoms with Gasteiger partial charge in [0.15, 0.2) is 0 Å². The summed E-state index contributed by atoms with van der Waals surface area (Å²) in [6, 6.07) is 6.99. The highest BCUT2D eigenvalue weighted by Crippen LogP contribution is 2.51. The Labute approximate surface area is 382 Å². The van der Waals surface area contributed by atoms with Crippen LogP contribution in [0.2, 0.25) is 0 Å². The molecule has 3 aliphatic heterocycles. The number of carbonyl (C=O) groups excluding carboxylic acids is 3. The topological polar surface area (TPSA) is 143 Å². The summed E-state index contributed by atoms with van der Waals surface area (Å²) in [5.74, 6) is -0.371. The molecule has 6 bridgehead atoms. The number of anilines is 1. The molecule has 15 heteroatoms. The van der Waals surface area contributed by atoms with Crippen LogP contribution >= 0.6 is 11.3 Å². The van der Waals surface area contributed by atoms with Crippen molar-refractivity contribution in [2.75, 3.05) is 65.0 Å². The number of nitrogens with one attached hydrogen (secondary N) is 2. The number of esters is 1. The SMILES string of the molecule is CCO[C@@H]1c2nc(cs2)-c2ccc3c(c2)c(c(-c2cc(N4CCN(C)CC4)cnc2[C@H](C)OC)n3CC)CC(C)(C)COC(=O)[C@@H]2CCCN(N2)C(=O)[C@H]1NC(=O)[C@H]1C(C(C)C)[C@@H]1C. The number of ether oxygens (including phenoxy) is 3. The van der Waals surface area contributed by atoms with Gasteiger partial charge in [0.1, 0.15) is 23.2 Å². The summed E-state index contributed by atoms with van der Waals surface area (Å²) in [6.07, 6.45) is 2.54. The van der Waals surface area contributed by atoms with Crippen molar-refractivity contribution in [3.8, 4) is 22.5 Å². The summed E-state index contributed by atoms with van der Waals surface area (Å²) in [5.41, 5.74) is 10.6. The normalized spacial score (nSPS) is 25.9. The number of piperazine rings is 1. The molecule has 1 aliphatic carbocycles. The first-order chi connectivity index (χ1) is 30.6. The number of likely N-dealkylation sites (N-methyl/N-ethyl adjacent to an activating group) is 1. The third-order valence-electron chi connectivity index (χ3n) is 14.0. The Kier molecular flexibility index (Phi) is 13.6. The van der Waals surface area contributed by atoms with Gasteiger partial charge in [-0.25, -0.2) is 10.4 Å². The minimum atomic E-state index is -1.08. The smallest absolute Gasteiger partial charge is 0.324 e. The van der Waals surface area contributed by atoms with E-state index in [0.717, 1.165) is 76.5 Å². The zero-order valence-corrected chi connectivity index (χ0v) is 40.2. The largest absolute Gasteiger partial charge is 0.464 e. The highest BCUT2D eigenvalue weighted by molar-refractivity contribution is 7.10. The van der Waals surface area contributed by atoms with Crippen LogP contribution in [0.4, 0.5) is 5.69 Å². The molecule has 2 amide bonds. The van der Waals surface area contributed by atoms with Crippen LogP contribution in [-0.4, -0.2) is 114 Å². The van der Waals surface area contributed by atoms with Gasteiger partial charge in [-0.1, -0.05) is 40.7 Å². The molecule has 1 aromatic carbocycles. The number of hydrazine groups is 1. The van der Waals surface area contributed by atoms with Crippen LogP contribution in [0.15, 0.2) is 35.8 Å². The lowest BCUT2D eigenvalue weighted by atomic mass is 9.84. The Balaban J connectivity index is 1.28. The molecule has 1 saturated carbocycles. The fourth-order valence-corrected chi connectivity index (χ4v) is 11.3. The third kappa shape index (κ3) is 9.07. The van der Waals surface area contributed by atoms with Gasteiger partial charge in [-0.3, -0.25) is 24.4 Å². The first-order valence-corrected chi connectivity index (χ1v) is 24.3. The number of benzene rings is 1. The Hall–Kier alpha value is -4.41. The average Bonchev–Trinajstić information content (AvgIpc) is 3.58. The van der Waals surface area contributed by atoms with Gasteiger partial charge < -0.3 is 33.9 Å². The lowest BCUT2D eigenvalue weighted by molar-refractivity contribution is -0.156. The summed E-state index contributed by atoms with van der Waals surface area (Å²) in [7, 11) is 3.89. The molecule has 346 valence electrons. The van der Waals surface area contributed by atoms with E-state index in [2.05, 4.69) is 98.0 Å². The third-order valence-corrected chi connectivity index (χ3v) is 14.9. The standard InChI is InChI=1S/C49H68N8O6S/c1-11-56-38-16-15-31-22-33(38)35(43(56)34-23-32(25-50-41(34)30(6)61-10)55-20-18-54(9)19-21-55)24-49(7,8)27-63-48(60)36-14-13-17-57(53-36)47(59)42(44(62-12-2)46-51-37(31)26-64-46)52-45(58)40-29(5)39(40)28(3)4/h15-16,22-23,25-26,28-30,36,39-40,42,44,53H,11-14,17-21,24,27H2,1-10H3,(H,52,58)/t29-,30-,36-,39?,40+,42-,44-/m0/s1. The highest BCUT2D eigenvalue weighted by atomic mass is 32.1. The zero-order valence-electron chi connectivity index (χ0n) is 39.4. The van der Waals surface area contributed by atoms with E-state index in [-0.39, 0.29) is 42.3 Å². The van der Waals surface area contributed by atoms with Gasteiger partial charge in [0.25, 0.3) is 5.91 Å². The number of rotatable bonds is 10. The van der Waals surface area contributed by atoms with E-state index in [4.69, 9.17) is 24.2 Å². The van der Waals surface area contributed by atoms with Crippen LogP contribution in [0, 0.1) is 29.1 Å². The Morgan fingerprint density at radius 2 is 1.86 bits per heavy atom. The number of hydrogen-bond acceptors (Lipinski definition) is 12. The molecular weight excluding hydrogens is 829 g/mol. The molecule has 7 atom stereocenters. The number of amides is 2. The van der Waals surface area contributed by atoms with Crippen LogP contribution < -0.4 is 15.6 Å². The number of aromatic nitrogens is 3. The molecule has 2 N–H and O–H groups in total. The van der Waals surface area contributed by atoms with Crippen LogP contribution in [0.1, 0.15) is 96.7 Å². The van der Waals surface area contributed by atoms with Crippen molar-refractivity contribution in [3.05, 3.63) is 52.1 Å². The van der Waals surface area contributed by atoms with Crippen molar-refractivity contribution < 1.29 is 28.6 Å². The number of hydrogen-bond donors (Lipinski definition) is 2. The molecule has 6 heterocycles. The second-order valence-electron chi connectivity index (χ2n) is 19.5. The van der Waals surface area contributed by atoms with Crippen molar-refractivity contribution in [2.24, 2.45) is 29.1 Å². The molecule has 64 heavy (non-hydrogen) atoms. The van der Waals surface area contributed by atoms with Gasteiger partial charge in [-0.05, 0) is 88.6 Å². The van der Waals surface area contributed by atoms with Crippen molar-refractivity contribution in [2.45, 2.75) is 105 Å². The molecular formula is C49H68N8O6S. The Morgan fingerprint density at radius 3 is 2.55 bits per heavy atom. The number of cyclic esters (lactones) is 1. The van der Waals surface area contributed by atoms with E-state index in [1.165, 1.54) is 16.3 Å². The summed E-state index contributed by atoms with van der Waals surface area (Å²) in [6.45, 7) is 22.1. The second kappa shape index (κ2) is 18.8. The molecule has 1 unspecified atom stereocenters. The molecule has 2 saturated heterocycles. The van der Waals surface area contributed by atoms with E-state index in [0.29, 0.717) is 49.9 Å². The highest BCUT2D eigenvalue weighted by Gasteiger charge is 2.54. The van der Waals surface area contributed by atoms with Gasteiger partial charge >= 0.3 is 5.97 Å². The molecule has 8 rings (SSSR count). The number of aryl methyl sites for hydroxylation is 1. The summed E-state index contributed by atoms with van der Waals surface area (Å²) >= 11 is 1.42. The van der Waals surface area contributed by atoms with E-state index in [1.807, 2.05) is 25.4 Å². The predicted molar refractivity (Wildman–Crippen MR) is 251 cm³/mol. The molecule has 0 radical (unpaired) electrons. The monoisotopic (exact) mass is 896 g/mol. The summed E-state index contributed by atoms with van der Waals surface area (Å²) < 4.78 is 21.0. The number of carbonyl (C=O) groups is 3. The lowest BCUT2D eigenvalue weighted by Crippen LogP contribution is -2.61. The van der Waals surface area contributed by atoms with Crippen molar-refractivity contribution in [1.82, 2.24) is 35.2 Å². The zero-order chi connectivity index (χ0) is 45.6. The summed E-state index contributed by atoms with van der Waals surface area (Å²) in [4.78, 5) is 57.9. The van der Waals surface area contributed by atoms with E-state index < -0.39 is 29.6 Å². The number of fused-ring (bicyclic) bond motifs is 6. The summed E-state index contributed by atoms with van der Waals surface area (Å²) in [5, 5.41) is 8.32. The second-order valence-corrected chi connectivity index (χ2v) is 20.4. The molecule has 4 aliphatic rings. The molecule has 14 nitrogen and oxygen atoms in total. The van der Waals surface area contributed by atoms with E-state index >= 15 is 0 Å². The minimum Gasteiger partial charge on any atom is -0.464 e. The number of methoxy groups -OCH3 is 1. The van der Waals surface area contributed by atoms with Crippen molar-refractivity contribution in [1.29, 1.82) is 0 Å². The predicted octanol–water partition coefficient (Wildman–Crippen LogP) is 7.03. The van der Waals surface area contributed by atoms with E-state index in [9.17, 15) is 14.4 Å². The maximum absolute atomic E-state index is 14.7. The van der Waals surface area contributed by atoms with E-state index in [1.54, 1.807) is 7.11 Å². The molecule has 0 spiro atoms. The van der Waals surface area contributed by atoms with Crippen molar-refractivity contribution >= 4 is 45.7 Å². The van der Waals surface area contributed by atoms with Gasteiger partial charge in [-0.15, -0.1) is 11.3 Å². The Bertz CT molecular complexity index is 2350. The maximum Gasteiger partial charge on any atom is 0.324 e. The maximum atomic E-state index is 14.7. The lowest BCUT2D eigenvalue weighted by Gasteiger charge is -2.37. The van der Waals surface area contributed by atoms with Crippen LogP contribution in [0.5, 0.6) is 0 Å². The van der Waals surface area contributed by atoms with Gasteiger partial charge in [0.2, 0.25) is 5.91 Å². The number of nitrogens with zero attached hydrogens (tertiary/aromatic N) is 6. The molecule has 3 fully saturated rings. The minimum absolute atomic E-state index is 0.161. The molecule has 4 aromatic rings. The first kappa shape index (κ1) is 46.1. The quantitative estimate of drug-likeness (QED) is 0.159. The Morgan fingerprint density at radius 1 is 1.09 bits per heavy atom. The fraction of sp³-hybridized carbons (Fsp3) is 0.612. The number of pyridine rings is 1. The first-order valence-electron chi connectivity index (χ1n) is 23.4.